The van der Waals surface area contributed by atoms with Crippen LogP contribution in [-0.2, 0) is 14.8 Å². The minimum atomic E-state index is -3.59. The number of anilines is 1. The van der Waals surface area contributed by atoms with Gasteiger partial charge in [0.15, 0.2) is 6.10 Å². The van der Waals surface area contributed by atoms with Crippen LogP contribution >= 0.6 is 27.5 Å². The molecule has 2 aromatic carbocycles. The number of benzene rings is 2. The first kappa shape index (κ1) is 22.7. The molecule has 0 saturated heterocycles. The van der Waals surface area contributed by atoms with Gasteiger partial charge in [-0.3, -0.25) is 4.79 Å². The Hall–Kier alpha value is -1.61. The molecular weight excluding hydrogens is 468 g/mol. The molecule has 0 bridgehead atoms. The van der Waals surface area contributed by atoms with E-state index in [1.54, 1.807) is 32.0 Å². The van der Waals surface area contributed by atoms with Crippen LogP contribution in [0.3, 0.4) is 0 Å². The predicted octanol–water partition coefficient (Wildman–Crippen LogP) is 4.59. The SMILES string of the molecule is CCC(C)NS(=O)(=O)c1ccc(NC(=O)C(C)Oc2ccc(Cl)cc2Br)cc1. The zero-order valence-corrected chi connectivity index (χ0v) is 18.9. The van der Waals surface area contributed by atoms with Crippen LogP contribution in [0.1, 0.15) is 27.2 Å². The number of carbonyl (C=O) groups excluding carboxylic acids is 1. The van der Waals surface area contributed by atoms with E-state index in [9.17, 15) is 13.2 Å². The van der Waals surface area contributed by atoms with Crippen LogP contribution < -0.4 is 14.8 Å². The summed E-state index contributed by atoms with van der Waals surface area (Å²) in [6.07, 6.45) is -0.0809. The quantitative estimate of drug-likeness (QED) is 0.568. The van der Waals surface area contributed by atoms with Crippen molar-refractivity contribution in [3.8, 4) is 5.75 Å². The van der Waals surface area contributed by atoms with Crippen molar-refractivity contribution in [2.45, 2.75) is 44.2 Å². The van der Waals surface area contributed by atoms with E-state index >= 15 is 0 Å². The van der Waals surface area contributed by atoms with Crippen molar-refractivity contribution in [3.05, 3.63) is 52.0 Å². The maximum Gasteiger partial charge on any atom is 0.265 e. The van der Waals surface area contributed by atoms with Crippen LogP contribution in [-0.4, -0.2) is 26.5 Å². The van der Waals surface area contributed by atoms with E-state index < -0.39 is 16.1 Å². The number of halogens is 2. The monoisotopic (exact) mass is 488 g/mol. The van der Waals surface area contributed by atoms with E-state index in [1.807, 2.05) is 6.92 Å². The minimum Gasteiger partial charge on any atom is -0.480 e. The van der Waals surface area contributed by atoms with Gasteiger partial charge in [0.05, 0.1) is 9.37 Å². The highest BCUT2D eigenvalue weighted by atomic mass is 79.9. The molecule has 0 radical (unpaired) electrons. The van der Waals surface area contributed by atoms with E-state index in [1.165, 1.54) is 24.3 Å². The van der Waals surface area contributed by atoms with Gasteiger partial charge in [0.25, 0.3) is 5.91 Å². The van der Waals surface area contributed by atoms with Crippen LogP contribution in [0.2, 0.25) is 5.02 Å². The second-order valence-electron chi connectivity index (χ2n) is 6.28. The summed E-state index contributed by atoms with van der Waals surface area (Å²) in [5.41, 5.74) is 0.470. The van der Waals surface area contributed by atoms with Gasteiger partial charge in [-0.15, -0.1) is 0 Å². The summed E-state index contributed by atoms with van der Waals surface area (Å²) in [6, 6.07) is 10.8. The Morgan fingerprint density at radius 3 is 2.39 bits per heavy atom. The first-order valence-electron chi connectivity index (χ1n) is 8.67. The standard InChI is InChI=1S/C19H22BrClN2O4S/c1-4-12(2)23-28(25,26)16-8-6-15(7-9-16)22-19(24)13(3)27-18-10-5-14(21)11-17(18)20/h5-13,23H,4H2,1-3H3,(H,22,24). The highest BCUT2D eigenvalue weighted by Crippen LogP contribution is 2.29. The van der Waals surface area contributed by atoms with Gasteiger partial charge in [0.1, 0.15) is 5.75 Å². The maximum absolute atomic E-state index is 12.4. The number of nitrogens with one attached hydrogen (secondary N) is 2. The fraction of sp³-hybridized carbons (Fsp3) is 0.316. The van der Waals surface area contributed by atoms with Crippen LogP contribution in [0, 0.1) is 0 Å². The van der Waals surface area contributed by atoms with Gasteiger partial charge in [-0.25, -0.2) is 13.1 Å². The summed E-state index contributed by atoms with van der Waals surface area (Å²) in [6.45, 7) is 5.31. The lowest BCUT2D eigenvalue weighted by atomic mass is 10.3. The Morgan fingerprint density at radius 1 is 1.18 bits per heavy atom. The van der Waals surface area contributed by atoms with Crippen molar-refractivity contribution in [2.24, 2.45) is 0 Å². The summed E-state index contributed by atoms with van der Waals surface area (Å²) in [4.78, 5) is 12.5. The molecule has 0 aliphatic rings. The maximum atomic E-state index is 12.4. The molecule has 2 atom stereocenters. The van der Waals surface area contributed by atoms with Gasteiger partial charge in [-0.1, -0.05) is 18.5 Å². The Morgan fingerprint density at radius 2 is 1.82 bits per heavy atom. The van der Waals surface area contributed by atoms with Crippen LogP contribution in [0.15, 0.2) is 51.8 Å². The molecule has 0 fully saturated rings. The molecule has 2 rings (SSSR count). The van der Waals surface area contributed by atoms with Gasteiger partial charge in [-0.2, -0.15) is 0 Å². The summed E-state index contributed by atoms with van der Waals surface area (Å²) in [5, 5.41) is 3.25. The fourth-order valence-electron chi connectivity index (χ4n) is 2.19. The van der Waals surface area contributed by atoms with Gasteiger partial charge in [0.2, 0.25) is 10.0 Å². The zero-order valence-electron chi connectivity index (χ0n) is 15.7. The highest BCUT2D eigenvalue weighted by Gasteiger charge is 2.18. The molecule has 6 nitrogen and oxygen atoms in total. The Kier molecular flexibility index (Phi) is 7.88. The van der Waals surface area contributed by atoms with Gasteiger partial charge in [-0.05, 0) is 78.7 Å². The second kappa shape index (κ2) is 9.73. The molecule has 0 heterocycles. The Bertz CT molecular complexity index is 935. The topological polar surface area (TPSA) is 84.5 Å². The van der Waals surface area contributed by atoms with Crippen molar-refractivity contribution < 1.29 is 17.9 Å². The summed E-state index contributed by atoms with van der Waals surface area (Å²) < 4.78 is 33.4. The second-order valence-corrected chi connectivity index (χ2v) is 9.28. The van der Waals surface area contributed by atoms with Crippen LogP contribution in [0.25, 0.3) is 0 Å². The van der Waals surface area contributed by atoms with Crippen LogP contribution in [0.4, 0.5) is 5.69 Å². The highest BCUT2D eigenvalue weighted by molar-refractivity contribution is 9.10. The fourth-order valence-corrected chi connectivity index (χ4v) is 4.30. The average molecular weight is 490 g/mol. The predicted molar refractivity (Wildman–Crippen MR) is 114 cm³/mol. The number of rotatable bonds is 8. The lowest BCUT2D eigenvalue weighted by Gasteiger charge is -2.16. The normalized spacial score (nSPS) is 13.6. The number of sulfonamides is 1. The number of hydrogen-bond acceptors (Lipinski definition) is 4. The van der Waals surface area contributed by atoms with Crippen molar-refractivity contribution >= 4 is 49.1 Å². The number of amides is 1. The average Bonchev–Trinajstić information content (AvgIpc) is 2.63. The Labute approximate surface area is 178 Å². The van der Waals surface area contributed by atoms with E-state index in [0.717, 1.165) is 0 Å². The summed E-state index contributed by atoms with van der Waals surface area (Å²) in [7, 11) is -3.59. The largest absolute Gasteiger partial charge is 0.480 e. The number of ether oxygens (including phenoxy) is 1. The van der Waals surface area contributed by atoms with E-state index in [-0.39, 0.29) is 16.8 Å². The first-order chi connectivity index (χ1) is 13.1. The third kappa shape index (κ3) is 6.20. The Balaban J connectivity index is 2.02. The molecular formula is C19H22BrClN2O4S. The molecule has 0 spiro atoms. The molecule has 2 N–H and O–H groups in total. The van der Waals surface area contributed by atoms with Crippen molar-refractivity contribution in [1.82, 2.24) is 4.72 Å². The molecule has 28 heavy (non-hydrogen) atoms. The van der Waals surface area contributed by atoms with Gasteiger partial charge in [0, 0.05) is 16.8 Å². The smallest absolute Gasteiger partial charge is 0.265 e. The van der Waals surface area contributed by atoms with E-state index in [4.69, 9.17) is 16.3 Å². The van der Waals surface area contributed by atoms with Crippen molar-refractivity contribution in [2.75, 3.05) is 5.32 Å². The first-order valence-corrected chi connectivity index (χ1v) is 11.3. The van der Waals surface area contributed by atoms with Gasteiger partial charge < -0.3 is 10.1 Å². The van der Waals surface area contributed by atoms with E-state index in [0.29, 0.717) is 27.4 Å². The molecule has 0 aromatic heterocycles. The van der Waals surface area contributed by atoms with Gasteiger partial charge >= 0.3 is 0 Å². The van der Waals surface area contributed by atoms with Crippen molar-refractivity contribution in [1.29, 1.82) is 0 Å². The minimum absolute atomic E-state index is 0.139. The lowest BCUT2D eigenvalue weighted by Crippen LogP contribution is -2.32. The molecule has 2 aromatic rings. The molecule has 2 unspecified atom stereocenters. The van der Waals surface area contributed by atoms with E-state index in [2.05, 4.69) is 26.0 Å². The molecule has 0 aliphatic carbocycles. The molecule has 152 valence electrons. The van der Waals surface area contributed by atoms with Crippen molar-refractivity contribution in [3.63, 3.8) is 0 Å². The molecule has 0 aliphatic heterocycles. The molecule has 0 saturated carbocycles. The molecule has 1 amide bonds. The molecule has 9 heteroatoms. The third-order valence-electron chi connectivity index (χ3n) is 3.97. The number of carbonyl (C=O) groups is 1. The zero-order chi connectivity index (χ0) is 20.9. The van der Waals surface area contributed by atoms with Crippen LogP contribution in [0.5, 0.6) is 5.75 Å². The number of hydrogen-bond donors (Lipinski definition) is 2. The summed E-state index contributed by atoms with van der Waals surface area (Å²) in [5.74, 6) is 0.125. The summed E-state index contributed by atoms with van der Waals surface area (Å²) >= 11 is 9.23. The third-order valence-corrected chi connectivity index (χ3v) is 6.43. The lowest BCUT2D eigenvalue weighted by molar-refractivity contribution is -0.122.